The number of amides is 4. The van der Waals surface area contributed by atoms with E-state index >= 15 is 0 Å². The van der Waals surface area contributed by atoms with E-state index in [4.69, 9.17) is 57.8 Å². The maximum absolute atomic E-state index is 14.6. The fourth-order valence-electron chi connectivity index (χ4n) is 12.2. The molecule has 2 aliphatic rings. The third kappa shape index (κ3) is 20.5. The Labute approximate surface area is 675 Å². The van der Waals surface area contributed by atoms with Gasteiger partial charge in [-0.05, 0) is 97.6 Å². The predicted molar refractivity (Wildman–Crippen MR) is 422 cm³/mol. The Morgan fingerprint density at radius 3 is 1.39 bits per heavy atom. The lowest BCUT2D eigenvalue weighted by Gasteiger charge is -2.26. The molecule has 2 saturated heterocycles. The van der Waals surface area contributed by atoms with Crippen molar-refractivity contribution in [3.63, 3.8) is 0 Å². The number of H-pyrrole nitrogens is 4. The number of nitriles is 2. The van der Waals surface area contributed by atoms with Gasteiger partial charge in [0.15, 0.2) is 34.9 Å². The number of anilines is 4. The van der Waals surface area contributed by atoms with Gasteiger partial charge in [-0.15, -0.1) is 6.42 Å². The number of carbonyl (C=O) groups is 4. The minimum Gasteiger partial charge on any atom is -0.355 e. The van der Waals surface area contributed by atoms with E-state index in [1.165, 1.54) is 58.7 Å². The molecule has 14 heterocycles. The third-order valence-electron chi connectivity index (χ3n) is 17.8. The van der Waals surface area contributed by atoms with Crippen molar-refractivity contribution in [3.8, 4) is 70.0 Å². The molecular weight excluding hydrogens is 1600 g/mol. The van der Waals surface area contributed by atoms with E-state index in [0.29, 0.717) is 89.1 Å². The van der Waals surface area contributed by atoms with Gasteiger partial charge in [-0.3, -0.25) is 19.2 Å². The van der Waals surface area contributed by atoms with Crippen molar-refractivity contribution in [2.75, 3.05) is 53.2 Å². The van der Waals surface area contributed by atoms with Crippen LogP contribution in [0.1, 0.15) is 84.8 Å². The van der Waals surface area contributed by atoms with Crippen LogP contribution < -0.4 is 41.7 Å². The molecule has 0 unspecified atom stereocenters. The molecule has 0 aromatic carbocycles. The van der Waals surface area contributed by atoms with E-state index in [9.17, 15) is 60.4 Å². The standard InChI is InChI=1S/C19H17ClF3N7O.C19H16ClFN6O.C19H21ClN6O.C18H15ClF3N7O/c1-18(2,17(31)25-4-3-19(21,22)23)30-14-10(6-24)7-26-16(29-14)13-9-28-15-12(13)5-11(20)8-27-15;1-2-5-22-19(28)15-4-3-6-27(15)18-14(21)10-25-17(26-18)13-9-24-16-12(13)7-11(20)8-23-16;1-11(2)24-19(27)15-4-3-7-26(15)16-5-6-21-18(25-16)14-10-23-17-13(14)8-12(20)9-22-17;1-17(2,16(30)27-8-18(20,21)22)29-13-9(4-23)5-24-15(28-13)12-7-26-14-11(12)3-10(19)6-25-14/h5,7-9H,3-4H2,1-2H3,(H,25,31)(H,27,28)(H,26,29,30);1,7-10,15H,3-6H2,(H,22,28)(H,23,24);5-6,8-11,15H,3-4,7H2,1-2H3,(H,22,23)(H,24,27);3,5-7H,8H2,1-2H3,(H,25,26)(H,27,30)(H,24,28,29)/t;2*15-;/m.11./s1. The lowest BCUT2D eigenvalue weighted by atomic mass is 10.0. The summed E-state index contributed by atoms with van der Waals surface area (Å²) in [6, 6.07) is 12.0. The second-order valence-electron chi connectivity index (χ2n) is 27.5. The number of pyridine rings is 4. The van der Waals surface area contributed by atoms with E-state index in [1.807, 2.05) is 49.6 Å². The monoisotopic (exact) mass is 1670 g/mol. The highest BCUT2D eigenvalue weighted by Crippen LogP contribution is 2.36. The van der Waals surface area contributed by atoms with Gasteiger partial charge in [-0.2, -0.15) is 36.9 Å². The molecule has 2 aliphatic heterocycles. The maximum atomic E-state index is 14.6. The normalized spacial score (nSPS) is 14.2. The number of halogens is 11. The molecule has 0 spiro atoms. The Hall–Kier alpha value is -12.6. The molecule has 2 fully saturated rings. The Balaban J connectivity index is 0.000000152. The number of hydrogen-bond donors (Lipinski definition) is 10. The van der Waals surface area contributed by atoms with Gasteiger partial charge in [-0.25, -0.2) is 64.2 Å². The van der Waals surface area contributed by atoms with Crippen LogP contribution in [0.4, 0.5) is 54.0 Å². The maximum Gasteiger partial charge on any atom is 0.405 e. The molecule has 12 aromatic rings. The number of rotatable bonds is 19. The van der Waals surface area contributed by atoms with Gasteiger partial charge in [0.2, 0.25) is 23.6 Å². The molecule has 0 aliphatic carbocycles. The average Bonchev–Trinajstić information content (AvgIpc) is 1.64. The van der Waals surface area contributed by atoms with Crippen LogP contribution in [0.5, 0.6) is 0 Å². The molecule has 0 radical (unpaired) electrons. The van der Waals surface area contributed by atoms with Crippen molar-refractivity contribution in [2.45, 2.75) is 115 Å². The van der Waals surface area contributed by atoms with Gasteiger partial charge in [0.25, 0.3) is 0 Å². The zero-order valence-electron chi connectivity index (χ0n) is 62.1. The lowest BCUT2D eigenvalue weighted by molar-refractivity contribution is -0.140. The molecule has 2 atom stereocenters. The van der Waals surface area contributed by atoms with Crippen molar-refractivity contribution in [1.29, 1.82) is 10.5 Å². The molecule has 41 heteroatoms. The van der Waals surface area contributed by atoms with Gasteiger partial charge in [0.05, 0.1) is 51.6 Å². The summed E-state index contributed by atoms with van der Waals surface area (Å²) in [5, 5.41) is 38.7. The Morgan fingerprint density at radius 1 is 0.552 bits per heavy atom. The highest BCUT2D eigenvalue weighted by molar-refractivity contribution is 6.32. The smallest absolute Gasteiger partial charge is 0.355 e. The Morgan fingerprint density at radius 2 is 0.966 bits per heavy atom. The topological polar surface area (TPSA) is 412 Å². The fourth-order valence-corrected chi connectivity index (χ4v) is 12.9. The highest BCUT2D eigenvalue weighted by atomic mass is 35.5. The van der Waals surface area contributed by atoms with Crippen LogP contribution in [-0.4, -0.2) is 178 Å². The van der Waals surface area contributed by atoms with Gasteiger partial charge < -0.3 is 61.6 Å². The number of fused-ring (bicyclic) bond motifs is 4. The largest absolute Gasteiger partial charge is 0.405 e. The Kier molecular flexibility index (Phi) is 26.0. The molecule has 116 heavy (non-hydrogen) atoms. The van der Waals surface area contributed by atoms with Crippen molar-refractivity contribution in [3.05, 3.63) is 142 Å². The van der Waals surface area contributed by atoms with Crippen LogP contribution in [0.15, 0.2) is 105 Å². The SMILES string of the molecule is C#CCNC(=O)[C@H]1CCCN1c1nc(-c2c[nH]c3ncc(Cl)cc23)ncc1F.CC(C)(Nc1nc(-c2c[nH]c3ncc(Cl)cc23)ncc1C#N)C(=O)NCC(F)(F)F.CC(C)(Nc1nc(-c2c[nH]c3ncc(Cl)cc23)ncc1C#N)C(=O)NCCC(F)(F)F.CC(C)NC(=O)[C@H]1CCCN1c1ccnc(-c2c[nH]c3ncc(Cl)cc23)n1. The van der Waals surface area contributed by atoms with E-state index in [1.54, 1.807) is 54.1 Å². The van der Waals surface area contributed by atoms with Crippen LogP contribution in [0.3, 0.4) is 0 Å². The molecule has 0 saturated carbocycles. The van der Waals surface area contributed by atoms with Crippen molar-refractivity contribution >= 4 is 137 Å². The van der Waals surface area contributed by atoms with E-state index in [-0.39, 0.29) is 70.7 Å². The first kappa shape index (κ1) is 84.3. The molecule has 4 amide bonds. The van der Waals surface area contributed by atoms with Crippen molar-refractivity contribution < 1.29 is 49.9 Å². The van der Waals surface area contributed by atoms with Crippen molar-refractivity contribution in [1.82, 2.24) is 101 Å². The molecule has 600 valence electrons. The van der Waals surface area contributed by atoms with Crippen molar-refractivity contribution in [2.24, 2.45) is 0 Å². The zero-order valence-corrected chi connectivity index (χ0v) is 65.2. The highest BCUT2D eigenvalue weighted by Gasteiger charge is 2.38. The first-order valence-electron chi connectivity index (χ1n) is 35.3. The molecule has 0 bridgehead atoms. The summed E-state index contributed by atoms with van der Waals surface area (Å²) in [7, 11) is 0. The zero-order chi connectivity index (χ0) is 83.6. The van der Waals surface area contributed by atoms with Gasteiger partial charge in [0.1, 0.15) is 93.0 Å². The van der Waals surface area contributed by atoms with Crippen LogP contribution >= 0.6 is 46.4 Å². The molecule has 12 aromatic heterocycles. The number of aromatic amines is 4. The van der Waals surface area contributed by atoms with Gasteiger partial charge in [-0.1, -0.05) is 52.3 Å². The molecule has 14 rings (SSSR count). The van der Waals surface area contributed by atoms with Gasteiger partial charge >= 0.3 is 12.4 Å². The number of alkyl halides is 6. The lowest BCUT2D eigenvalue weighted by Crippen LogP contribution is -2.50. The van der Waals surface area contributed by atoms with Crippen LogP contribution in [0.2, 0.25) is 20.1 Å². The van der Waals surface area contributed by atoms with Crippen LogP contribution in [0.25, 0.3) is 89.7 Å². The summed E-state index contributed by atoms with van der Waals surface area (Å²) in [6.45, 7) is 9.03. The number of nitrogens with one attached hydrogen (secondary N) is 10. The minimum absolute atomic E-state index is 0.000930. The molecule has 30 nitrogen and oxygen atoms in total. The quantitative estimate of drug-likeness (QED) is 0.0265. The third-order valence-corrected chi connectivity index (χ3v) is 18.6. The summed E-state index contributed by atoms with van der Waals surface area (Å²) < 4.78 is 88.7. The summed E-state index contributed by atoms with van der Waals surface area (Å²) in [6.07, 6.45) is 16.5. The minimum atomic E-state index is -4.55. The average molecular weight is 1670 g/mol. The second-order valence-corrected chi connectivity index (χ2v) is 29.2. The Bertz CT molecular complexity index is 5790. The fraction of sp³-hybridized carbons (Fsp3) is 0.307. The predicted octanol–water partition coefficient (Wildman–Crippen LogP) is 12.9. The second kappa shape index (κ2) is 35.8. The van der Waals surface area contributed by atoms with E-state index < -0.39 is 66.6 Å². The molecular formula is C75H69Cl4F7N26O4. The summed E-state index contributed by atoms with van der Waals surface area (Å²) >= 11 is 24.2. The van der Waals surface area contributed by atoms with E-state index in [0.717, 1.165) is 59.8 Å². The first-order valence-corrected chi connectivity index (χ1v) is 36.9. The number of terminal acetylenes is 1. The molecule has 10 N–H and O–H groups in total. The van der Waals surface area contributed by atoms with Crippen LogP contribution in [-0.2, 0) is 19.2 Å². The summed E-state index contributed by atoms with van der Waals surface area (Å²) in [4.78, 5) is 117. The summed E-state index contributed by atoms with van der Waals surface area (Å²) in [5.41, 5.74) is 2.32. The summed E-state index contributed by atoms with van der Waals surface area (Å²) in [5.74, 6) is 2.26. The first-order chi connectivity index (χ1) is 55.1. The number of nitrogens with zero attached hydrogens (tertiary/aromatic N) is 16. The number of carbonyl (C=O) groups excluding carboxylic acids is 4. The number of hydrogen-bond acceptors (Lipinski definition) is 22. The van der Waals surface area contributed by atoms with Crippen LogP contribution in [0, 0.1) is 40.8 Å². The van der Waals surface area contributed by atoms with Gasteiger partial charge in [0, 0.05) is 125 Å². The van der Waals surface area contributed by atoms with E-state index in [2.05, 4.69) is 112 Å². The number of aromatic nitrogens is 16.